The van der Waals surface area contributed by atoms with E-state index in [-0.39, 0.29) is 0 Å². The van der Waals surface area contributed by atoms with Crippen LogP contribution in [-0.2, 0) is 0 Å². The Morgan fingerprint density at radius 3 is 3.00 bits per heavy atom. The number of hydrogen-bond donors (Lipinski definition) is 1. The van der Waals surface area contributed by atoms with E-state index in [2.05, 4.69) is 11.4 Å². The van der Waals surface area contributed by atoms with Crippen molar-refractivity contribution in [3.8, 4) is 6.07 Å². The van der Waals surface area contributed by atoms with Gasteiger partial charge in [-0.05, 0) is 19.1 Å². The minimum atomic E-state index is 0.756. The van der Waals surface area contributed by atoms with E-state index in [4.69, 9.17) is 5.26 Å². The maximum Gasteiger partial charge on any atom is 0.0989 e. The average molecular weight is 120 g/mol. The minimum absolute atomic E-state index is 0.756. The highest BCUT2D eigenvalue weighted by Crippen LogP contribution is 2.02. The van der Waals surface area contributed by atoms with Crippen molar-refractivity contribution in [1.82, 2.24) is 5.32 Å². The molecule has 0 fully saturated rings. The van der Waals surface area contributed by atoms with Gasteiger partial charge in [0.25, 0.3) is 0 Å². The molecular weight excluding hydrogens is 112 g/mol. The molecule has 0 saturated carbocycles. The van der Waals surface area contributed by atoms with Crippen molar-refractivity contribution in [2.45, 2.75) is 6.92 Å². The van der Waals surface area contributed by atoms with Crippen LogP contribution in [0, 0.1) is 11.3 Å². The Balaban J connectivity index is 2.78. The SMILES string of the molecule is CC1=CC(C#N)=CCN1. The van der Waals surface area contributed by atoms with Crippen LogP contribution in [0.5, 0.6) is 0 Å². The van der Waals surface area contributed by atoms with Crippen LogP contribution in [0.4, 0.5) is 0 Å². The number of hydrogen-bond acceptors (Lipinski definition) is 2. The zero-order valence-electron chi connectivity index (χ0n) is 5.31. The van der Waals surface area contributed by atoms with E-state index < -0.39 is 0 Å². The summed E-state index contributed by atoms with van der Waals surface area (Å²) in [6.45, 7) is 2.73. The first-order chi connectivity index (χ1) is 4.33. The third kappa shape index (κ3) is 1.33. The number of rotatable bonds is 0. The monoisotopic (exact) mass is 120 g/mol. The van der Waals surface area contributed by atoms with E-state index in [1.807, 2.05) is 19.1 Å². The van der Waals surface area contributed by atoms with E-state index in [1.54, 1.807) is 0 Å². The number of nitrogens with one attached hydrogen (secondary N) is 1. The summed E-state index contributed by atoms with van der Waals surface area (Å²) in [6.07, 6.45) is 3.70. The van der Waals surface area contributed by atoms with Crippen molar-refractivity contribution < 1.29 is 0 Å². The van der Waals surface area contributed by atoms with Gasteiger partial charge in [0.1, 0.15) is 0 Å². The molecule has 1 N–H and O–H groups in total. The predicted molar refractivity (Wildman–Crippen MR) is 35.5 cm³/mol. The Hall–Kier alpha value is -1.23. The van der Waals surface area contributed by atoms with Crippen molar-refractivity contribution in [2.24, 2.45) is 0 Å². The predicted octanol–water partition coefficient (Wildman–Crippen LogP) is 0.943. The standard InChI is InChI=1S/C7H8N2/c1-6-4-7(5-8)2-3-9-6/h2,4,9H,3H2,1H3. The Morgan fingerprint density at radius 1 is 1.78 bits per heavy atom. The highest BCUT2D eigenvalue weighted by Gasteiger charge is 1.96. The molecule has 1 rings (SSSR count). The molecule has 1 aliphatic heterocycles. The normalized spacial score (nSPS) is 16.9. The summed E-state index contributed by atoms with van der Waals surface area (Å²) in [4.78, 5) is 0. The van der Waals surface area contributed by atoms with Gasteiger partial charge in [-0.25, -0.2) is 0 Å². The lowest BCUT2D eigenvalue weighted by Crippen LogP contribution is -2.14. The molecule has 1 aliphatic rings. The van der Waals surface area contributed by atoms with Gasteiger partial charge in [0, 0.05) is 12.2 Å². The van der Waals surface area contributed by atoms with Crippen LogP contribution in [-0.4, -0.2) is 6.54 Å². The number of allylic oxidation sites excluding steroid dienone is 3. The molecule has 0 bridgehead atoms. The van der Waals surface area contributed by atoms with Crippen LogP contribution in [0.3, 0.4) is 0 Å². The highest BCUT2D eigenvalue weighted by molar-refractivity contribution is 5.37. The Morgan fingerprint density at radius 2 is 2.56 bits per heavy atom. The molecule has 0 unspecified atom stereocenters. The lowest BCUT2D eigenvalue weighted by molar-refractivity contribution is 0.885. The molecule has 2 nitrogen and oxygen atoms in total. The van der Waals surface area contributed by atoms with Crippen molar-refractivity contribution in [2.75, 3.05) is 6.54 Å². The molecule has 0 radical (unpaired) electrons. The Kier molecular flexibility index (Phi) is 1.55. The van der Waals surface area contributed by atoms with Gasteiger partial charge in [0.15, 0.2) is 0 Å². The molecular formula is C7H8N2. The molecule has 46 valence electrons. The fraction of sp³-hybridized carbons (Fsp3) is 0.286. The third-order valence-corrected chi connectivity index (χ3v) is 1.20. The molecule has 0 saturated heterocycles. The highest BCUT2D eigenvalue weighted by atomic mass is 14.9. The summed E-state index contributed by atoms with van der Waals surface area (Å²) >= 11 is 0. The molecule has 0 spiro atoms. The molecule has 0 aromatic rings. The largest absolute Gasteiger partial charge is 0.385 e. The number of nitrogens with zero attached hydrogens (tertiary/aromatic N) is 1. The molecule has 0 aromatic carbocycles. The summed E-state index contributed by atoms with van der Waals surface area (Å²) < 4.78 is 0. The van der Waals surface area contributed by atoms with Gasteiger partial charge in [-0.3, -0.25) is 0 Å². The van der Waals surface area contributed by atoms with Crippen molar-refractivity contribution in [3.05, 3.63) is 23.4 Å². The first kappa shape index (κ1) is 5.90. The van der Waals surface area contributed by atoms with E-state index in [0.717, 1.165) is 17.8 Å². The van der Waals surface area contributed by atoms with Crippen molar-refractivity contribution in [1.29, 1.82) is 5.26 Å². The second-order valence-corrected chi connectivity index (χ2v) is 1.98. The van der Waals surface area contributed by atoms with Crippen LogP contribution < -0.4 is 5.32 Å². The van der Waals surface area contributed by atoms with E-state index in [9.17, 15) is 0 Å². The second kappa shape index (κ2) is 2.36. The molecule has 0 aromatic heterocycles. The molecule has 0 atom stereocenters. The lowest BCUT2D eigenvalue weighted by atomic mass is 10.2. The minimum Gasteiger partial charge on any atom is -0.385 e. The Labute approximate surface area is 54.5 Å². The number of nitriles is 1. The first-order valence-electron chi connectivity index (χ1n) is 2.85. The van der Waals surface area contributed by atoms with Crippen molar-refractivity contribution in [3.63, 3.8) is 0 Å². The van der Waals surface area contributed by atoms with Crippen LogP contribution in [0.2, 0.25) is 0 Å². The average Bonchev–Trinajstić information content (AvgIpc) is 1.88. The fourth-order valence-corrected chi connectivity index (χ4v) is 0.743. The van der Waals surface area contributed by atoms with Crippen LogP contribution >= 0.6 is 0 Å². The smallest absolute Gasteiger partial charge is 0.0989 e. The third-order valence-electron chi connectivity index (χ3n) is 1.20. The van der Waals surface area contributed by atoms with Gasteiger partial charge >= 0.3 is 0 Å². The number of dihydropyridines is 1. The van der Waals surface area contributed by atoms with Crippen LogP contribution in [0.15, 0.2) is 23.4 Å². The van der Waals surface area contributed by atoms with Crippen LogP contribution in [0.25, 0.3) is 0 Å². The van der Waals surface area contributed by atoms with Gasteiger partial charge in [-0.2, -0.15) is 5.26 Å². The van der Waals surface area contributed by atoms with Crippen molar-refractivity contribution >= 4 is 0 Å². The van der Waals surface area contributed by atoms with Gasteiger partial charge in [0.2, 0.25) is 0 Å². The topological polar surface area (TPSA) is 35.8 Å². The fourth-order valence-electron chi connectivity index (χ4n) is 0.743. The van der Waals surface area contributed by atoms with E-state index in [0.29, 0.717) is 0 Å². The lowest BCUT2D eigenvalue weighted by Gasteiger charge is -2.07. The maximum absolute atomic E-state index is 8.42. The summed E-state index contributed by atoms with van der Waals surface area (Å²) in [6, 6.07) is 2.08. The van der Waals surface area contributed by atoms with Gasteiger partial charge in [-0.1, -0.05) is 0 Å². The van der Waals surface area contributed by atoms with Gasteiger partial charge in [0.05, 0.1) is 11.6 Å². The molecule has 0 aliphatic carbocycles. The maximum atomic E-state index is 8.42. The second-order valence-electron chi connectivity index (χ2n) is 1.98. The Bertz CT molecular complexity index is 205. The summed E-state index contributed by atoms with van der Waals surface area (Å²) in [7, 11) is 0. The van der Waals surface area contributed by atoms with E-state index >= 15 is 0 Å². The zero-order chi connectivity index (χ0) is 6.69. The summed E-state index contributed by atoms with van der Waals surface area (Å²) in [5, 5.41) is 11.5. The summed E-state index contributed by atoms with van der Waals surface area (Å²) in [5.41, 5.74) is 1.82. The van der Waals surface area contributed by atoms with E-state index in [1.165, 1.54) is 0 Å². The molecule has 9 heavy (non-hydrogen) atoms. The van der Waals surface area contributed by atoms with Crippen LogP contribution in [0.1, 0.15) is 6.92 Å². The summed E-state index contributed by atoms with van der Waals surface area (Å²) in [5.74, 6) is 0. The van der Waals surface area contributed by atoms with Gasteiger partial charge < -0.3 is 5.32 Å². The quantitative estimate of drug-likeness (QED) is 0.516. The van der Waals surface area contributed by atoms with Gasteiger partial charge in [-0.15, -0.1) is 0 Å². The zero-order valence-corrected chi connectivity index (χ0v) is 5.31. The first-order valence-corrected chi connectivity index (χ1v) is 2.85. The molecule has 1 heterocycles. The molecule has 2 heteroatoms. The molecule has 0 amide bonds.